The van der Waals surface area contributed by atoms with Gasteiger partial charge in [-0.25, -0.2) is 0 Å². The zero-order chi connectivity index (χ0) is 7.07. The third kappa shape index (κ3) is 1.25. The largest absolute Gasteiger partial charge is 0.391 e. The molecule has 0 saturated carbocycles. The topological polar surface area (TPSA) is 23.5 Å². The zero-order valence-corrected chi connectivity index (χ0v) is 6.39. The van der Waals surface area contributed by atoms with Crippen LogP contribution in [0.5, 0.6) is 0 Å². The number of β-amino-alcohol motifs (C(OH)–C–C–N with tert-alkyl or cyclic N) is 1. The van der Waals surface area contributed by atoms with Gasteiger partial charge in [0.2, 0.25) is 0 Å². The predicted octanol–water partition coefficient (Wildman–Crippen LogP) is 0.319. The normalized spacial score (nSPS) is 35.3. The van der Waals surface area contributed by atoms with Crippen LogP contribution < -0.4 is 0 Å². The van der Waals surface area contributed by atoms with Crippen molar-refractivity contribution in [3.63, 3.8) is 0 Å². The molecule has 0 aromatic heterocycles. The Bertz CT molecular complexity index is 111. The number of likely N-dealkylation sites (tertiary alicyclic amines) is 1. The average molecular weight is 129 g/mol. The van der Waals surface area contributed by atoms with Gasteiger partial charge in [-0.15, -0.1) is 0 Å². The summed E-state index contributed by atoms with van der Waals surface area (Å²) in [5.41, 5.74) is 0.106. The Hall–Kier alpha value is -0.0800. The van der Waals surface area contributed by atoms with Crippen LogP contribution in [0.3, 0.4) is 0 Å². The van der Waals surface area contributed by atoms with Crippen molar-refractivity contribution in [2.45, 2.75) is 20.0 Å². The molecule has 9 heavy (non-hydrogen) atoms. The molecule has 1 atom stereocenters. The quantitative estimate of drug-likeness (QED) is 0.509. The summed E-state index contributed by atoms with van der Waals surface area (Å²) in [6.45, 7) is 6.03. The summed E-state index contributed by atoms with van der Waals surface area (Å²) in [7, 11) is 2.04. The highest BCUT2D eigenvalue weighted by molar-refractivity contribution is 4.88. The molecule has 0 bridgehead atoms. The number of aliphatic hydroxyl groups is 1. The fourth-order valence-electron chi connectivity index (χ4n) is 1.41. The molecule has 1 aliphatic heterocycles. The van der Waals surface area contributed by atoms with Crippen LogP contribution in [0.1, 0.15) is 13.8 Å². The van der Waals surface area contributed by atoms with Crippen molar-refractivity contribution in [3.05, 3.63) is 0 Å². The van der Waals surface area contributed by atoms with Crippen molar-refractivity contribution in [1.29, 1.82) is 0 Å². The Morgan fingerprint density at radius 1 is 1.56 bits per heavy atom. The summed E-state index contributed by atoms with van der Waals surface area (Å²) in [5.74, 6) is 0. The maximum Gasteiger partial charge on any atom is 0.0730 e. The van der Waals surface area contributed by atoms with Gasteiger partial charge in [0.05, 0.1) is 6.10 Å². The van der Waals surface area contributed by atoms with Gasteiger partial charge in [0.15, 0.2) is 0 Å². The summed E-state index contributed by atoms with van der Waals surface area (Å²) in [6.07, 6.45) is -0.137. The van der Waals surface area contributed by atoms with E-state index >= 15 is 0 Å². The Morgan fingerprint density at radius 3 is 2.22 bits per heavy atom. The molecule has 0 amide bonds. The van der Waals surface area contributed by atoms with Crippen molar-refractivity contribution in [2.24, 2.45) is 5.41 Å². The molecule has 0 aromatic rings. The van der Waals surface area contributed by atoms with Crippen molar-refractivity contribution >= 4 is 0 Å². The summed E-state index contributed by atoms with van der Waals surface area (Å²) in [5, 5.41) is 9.39. The number of rotatable bonds is 0. The van der Waals surface area contributed by atoms with Crippen LogP contribution in [-0.4, -0.2) is 36.2 Å². The van der Waals surface area contributed by atoms with E-state index in [4.69, 9.17) is 0 Å². The smallest absolute Gasteiger partial charge is 0.0730 e. The SMILES string of the molecule is CN1C[C@H](O)C(C)(C)C1. The van der Waals surface area contributed by atoms with Crippen LogP contribution in [0.15, 0.2) is 0 Å². The Morgan fingerprint density at radius 2 is 2.11 bits per heavy atom. The molecule has 0 radical (unpaired) electrons. The molecule has 1 fully saturated rings. The number of likely N-dealkylation sites (N-methyl/N-ethyl adjacent to an activating group) is 1. The molecule has 0 aromatic carbocycles. The van der Waals surface area contributed by atoms with Crippen molar-refractivity contribution in [2.75, 3.05) is 20.1 Å². The first-order valence-electron chi connectivity index (χ1n) is 3.39. The second-order valence-corrected chi connectivity index (χ2v) is 3.70. The highest BCUT2D eigenvalue weighted by Crippen LogP contribution is 2.27. The summed E-state index contributed by atoms with van der Waals surface area (Å²) < 4.78 is 0. The lowest BCUT2D eigenvalue weighted by molar-refractivity contribution is 0.0957. The van der Waals surface area contributed by atoms with Gasteiger partial charge in [0, 0.05) is 18.5 Å². The van der Waals surface area contributed by atoms with E-state index in [0.717, 1.165) is 13.1 Å². The molecule has 0 unspecified atom stereocenters. The second kappa shape index (κ2) is 1.96. The van der Waals surface area contributed by atoms with E-state index in [1.165, 1.54) is 0 Å². The predicted molar refractivity (Wildman–Crippen MR) is 37.3 cm³/mol. The summed E-state index contributed by atoms with van der Waals surface area (Å²) in [4.78, 5) is 2.16. The first-order valence-corrected chi connectivity index (χ1v) is 3.39. The van der Waals surface area contributed by atoms with Crippen LogP contribution in [0.2, 0.25) is 0 Å². The van der Waals surface area contributed by atoms with E-state index in [-0.39, 0.29) is 11.5 Å². The van der Waals surface area contributed by atoms with Crippen LogP contribution in [-0.2, 0) is 0 Å². The van der Waals surface area contributed by atoms with E-state index in [2.05, 4.69) is 18.7 Å². The molecule has 1 heterocycles. The van der Waals surface area contributed by atoms with Gasteiger partial charge in [-0.05, 0) is 7.05 Å². The third-order valence-electron chi connectivity index (χ3n) is 2.06. The van der Waals surface area contributed by atoms with Crippen molar-refractivity contribution in [1.82, 2.24) is 4.90 Å². The van der Waals surface area contributed by atoms with Crippen LogP contribution in [0, 0.1) is 5.41 Å². The van der Waals surface area contributed by atoms with E-state index in [1.807, 2.05) is 7.05 Å². The van der Waals surface area contributed by atoms with Crippen molar-refractivity contribution < 1.29 is 5.11 Å². The summed E-state index contributed by atoms with van der Waals surface area (Å²) in [6, 6.07) is 0. The maximum absolute atomic E-state index is 9.39. The van der Waals surface area contributed by atoms with Crippen LogP contribution in [0.4, 0.5) is 0 Å². The fraction of sp³-hybridized carbons (Fsp3) is 1.00. The first-order chi connectivity index (χ1) is 4.02. The van der Waals surface area contributed by atoms with Gasteiger partial charge in [0.1, 0.15) is 0 Å². The molecular formula is C7H15NO. The standard InChI is InChI=1S/C7H15NO/c1-7(2)5-8(3)4-6(7)9/h6,9H,4-5H2,1-3H3/t6-/m0/s1. The Kier molecular flexibility index (Phi) is 1.53. The number of hydrogen-bond donors (Lipinski definition) is 1. The van der Waals surface area contributed by atoms with Crippen LogP contribution >= 0.6 is 0 Å². The minimum absolute atomic E-state index is 0.106. The lowest BCUT2D eigenvalue weighted by Gasteiger charge is -2.20. The molecule has 0 spiro atoms. The first kappa shape index (κ1) is 7.03. The van der Waals surface area contributed by atoms with Gasteiger partial charge in [0.25, 0.3) is 0 Å². The van der Waals surface area contributed by atoms with Gasteiger partial charge in [-0.2, -0.15) is 0 Å². The van der Waals surface area contributed by atoms with Gasteiger partial charge < -0.3 is 10.0 Å². The highest BCUT2D eigenvalue weighted by atomic mass is 16.3. The van der Waals surface area contributed by atoms with E-state index in [0.29, 0.717) is 0 Å². The van der Waals surface area contributed by atoms with E-state index < -0.39 is 0 Å². The minimum atomic E-state index is -0.137. The molecule has 1 rings (SSSR count). The van der Waals surface area contributed by atoms with Gasteiger partial charge in [-0.3, -0.25) is 0 Å². The van der Waals surface area contributed by atoms with E-state index in [9.17, 15) is 5.11 Å². The second-order valence-electron chi connectivity index (χ2n) is 3.70. The Labute approximate surface area is 56.5 Å². The molecule has 1 aliphatic rings. The Balaban J connectivity index is 2.58. The molecule has 1 N–H and O–H groups in total. The highest BCUT2D eigenvalue weighted by Gasteiger charge is 2.35. The average Bonchev–Trinajstić information content (AvgIpc) is 1.79. The molecule has 1 saturated heterocycles. The van der Waals surface area contributed by atoms with Gasteiger partial charge in [-0.1, -0.05) is 13.8 Å². The lowest BCUT2D eigenvalue weighted by atomic mass is 9.90. The molecule has 2 heteroatoms. The zero-order valence-electron chi connectivity index (χ0n) is 6.39. The number of nitrogens with zero attached hydrogens (tertiary/aromatic N) is 1. The van der Waals surface area contributed by atoms with E-state index in [1.54, 1.807) is 0 Å². The number of hydrogen-bond acceptors (Lipinski definition) is 2. The maximum atomic E-state index is 9.39. The lowest BCUT2D eigenvalue weighted by Crippen LogP contribution is -2.26. The monoisotopic (exact) mass is 129 g/mol. The number of aliphatic hydroxyl groups excluding tert-OH is 1. The molecule has 2 nitrogen and oxygen atoms in total. The van der Waals surface area contributed by atoms with Crippen LogP contribution in [0.25, 0.3) is 0 Å². The molecule has 54 valence electrons. The summed E-state index contributed by atoms with van der Waals surface area (Å²) >= 11 is 0. The minimum Gasteiger partial charge on any atom is -0.391 e. The molecular weight excluding hydrogens is 114 g/mol. The van der Waals surface area contributed by atoms with Crippen molar-refractivity contribution in [3.8, 4) is 0 Å². The van der Waals surface area contributed by atoms with Gasteiger partial charge >= 0.3 is 0 Å². The molecule has 0 aliphatic carbocycles. The fourth-order valence-corrected chi connectivity index (χ4v) is 1.41. The third-order valence-corrected chi connectivity index (χ3v) is 2.06.